The van der Waals surface area contributed by atoms with E-state index < -0.39 is 27.4 Å². The number of nitrogens with one attached hydrogen (secondary N) is 2. The largest absolute Gasteiger partial charge is 0.443 e. The van der Waals surface area contributed by atoms with Gasteiger partial charge in [-0.15, -0.1) is 0 Å². The first kappa shape index (κ1) is 25.9. The Morgan fingerprint density at radius 2 is 1.81 bits per heavy atom. The molecule has 11 heteroatoms. The van der Waals surface area contributed by atoms with Crippen molar-refractivity contribution < 1.29 is 17.9 Å². The smallest absolute Gasteiger partial charge is 0.422 e. The van der Waals surface area contributed by atoms with Gasteiger partial charge in [-0.1, -0.05) is 27.7 Å². The molecule has 1 spiro atoms. The van der Waals surface area contributed by atoms with Crippen LogP contribution < -0.4 is 9.62 Å². The molecule has 2 fully saturated rings. The molecule has 1 amide bonds. The number of ether oxygens (including phenoxy) is 1. The summed E-state index contributed by atoms with van der Waals surface area (Å²) in [5, 5.41) is 0.904. The number of rotatable bonds is 3. The van der Waals surface area contributed by atoms with E-state index in [-0.39, 0.29) is 6.54 Å². The van der Waals surface area contributed by atoms with Crippen LogP contribution in [-0.2, 0) is 14.9 Å². The lowest BCUT2D eigenvalue weighted by molar-refractivity contribution is 0.0565. The maximum absolute atomic E-state index is 12.8. The molecule has 0 atom stereocenters. The zero-order chi connectivity index (χ0) is 24.2. The number of anilines is 1. The molecule has 1 aliphatic heterocycles. The van der Waals surface area contributed by atoms with Crippen molar-refractivity contribution in [3.8, 4) is 0 Å². The molecule has 3 heterocycles. The monoisotopic (exact) mass is 468 g/mol. The predicted molar refractivity (Wildman–Crippen MR) is 126 cm³/mol. The fourth-order valence-corrected chi connectivity index (χ4v) is 5.07. The first-order valence-electron chi connectivity index (χ1n) is 11.2. The molecule has 2 N–H and O–H groups in total. The summed E-state index contributed by atoms with van der Waals surface area (Å²) >= 11 is 0. The van der Waals surface area contributed by atoms with Gasteiger partial charge in [-0.2, -0.15) is 12.7 Å². The molecular weight excluding hydrogens is 432 g/mol. The van der Waals surface area contributed by atoms with Gasteiger partial charge in [-0.25, -0.2) is 19.5 Å². The van der Waals surface area contributed by atoms with E-state index in [2.05, 4.69) is 19.9 Å². The Kier molecular flexibility index (Phi) is 8.11. The van der Waals surface area contributed by atoms with Crippen LogP contribution in [0.5, 0.6) is 0 Å². The minimum atomic E-state index is -3.99. The van der Waals surface area contributed by atoms with Gasteiger partial charge in [0.2, 0.25) is 0 Å². The Hall–Kier alpha value is -2.40. The summed E-state index contributed by atoms with van der Waals surface area (Å²) in [7, 11) is -3.99. The fraction of sp³-hybridized carbons (Fsp3) is 0.667. The van der Waals surface area contributed by atoms with Crippen molar-refractivity contribution in [2.75, 3.05) is 24.5 Å². The van der Waals surface area contributed by atoms with Crippen molar-refractivity contribution in [1.82, 2.24) is 24.0 Å². The number of carbonyl (C=O) groups is 1. The highest BCUT2D eigenvalue weighted by atomic mass is 32.2. The average Bonchev–Trinajstić information content (AvgIpc) is 3.30. The van der Waals surface area contributed by atoms with Gasteiger partial charge in [0.25, 0.3) is 0 Å². The summed E-state index contributed by atoms with van der Waals surface area (Å²) in [6.07, 6.45) is 3.82. The standard InChI is InChI=1S/C17H24N6O4S.2C2H6/c1-16(2,3)27-15(24)21-28(25,26)23-9-8-22(10-17(23)5-6-17)14-12-4-7-18-13(12)19-11-20-14;2*1-2/h4,7,11H,5-6,8-10H2,1-3H3,(H,21,24)(H,18,19,20);2*1-2H3. The van der Waals surface area contributed by atoms with Gasteiger partial charge in [-0.3, -0.25) is 0 Å². The van der Waals surface area contributed by atoms with Gasteiger partial charge in [0.15, 0.2) is 0 Å². The summed E-state index contributed by atoms with van der Waals surface area (Å²) in [6.45, 7) is 14.3. The summed E-state index contributed by atoms with van der Waals surface area (Å²) < 4.78 is 34.2. The highest BCUT2D eigenvalue weighted by Crippen LogP contribution is 2.46. The summed E-state index contributed by atoms with van der Waals surface area (Å²) in [4.78, 5) is 25.7. The van der Waals surface area contributed by atoms with Crippen LogP contribution in [0.25, 0.3) is 11.0 Å². The Balaban J connectivity index is 0.000000860. The number of nitrogens with zero attached hydrogens (tertiary/aromatic N) is 4. The minimum absolute atomic E-state index is 0.258. The first-order chi connectivity index (χ1) is 15.1. The summed E-state index contributed by atoms with van der Waals surface area (Å²) in [5.74, 6) is 0.787. The molecule has 2 aliphatic rings. The minimum Gasteiger partial charge on any atom is -0.443 e. The van der Waals surface area contributed by atoms with E-state index >= 15 is 0 Å². The zero-order valence-electron chi connectivity index (χ0n) is 20.1. The number of aromatic amines is 1. The van der Waals surface area contributed by atoms with Crippen LogP contribution in [0.4, 0.5) is 10.6 Å². The maximum atomic E-state index is 12.8. The summed E-state index contributed by atoms with van der Waals surface area (Å²) in [6, 6.07) is 1.91. The number of H-pyrrole nitrogens is 1. The van der Waals surface area contributed by atoms with Gasteiger partial charge in [-0.05, 0) is 39.7 Å². The normalized spacial score (nSPS) is 17.7. The fourth-order valence-electron chi connectivity index (χ4n) is 3.64. The molecule has 0 aromatic carbocycles. The molecule has 1 saturated heterocycles. The number of carbonyl (C=O) groups excluding carboxylic acids is 1. The van der Waals surface area contributed by atoms with Crippen molar-refractivity contribution in [2.45, 2.75) is 72.4 Å². The second-order valence-corrected chi connectivity index (χ2v) is 9.86. The topological polar surface area (TPSA) is 121 Å². The Bertz CT molecular complexity index is 1010. The van der Waals surface area contributed by atoms with Gasteiger partial charge < -0.3 is 14.6 Å². The van der Waals surface area contributed by atoms with Crippen LogP contribution in [-0.4, -0.2) is 64.5 Å². The number of fused-ring (bicyclic) bond motifs is 1. The second kappa shape index (κ2) is 10.0. The molecule has 1 aliphatic carbocycles. The third-order valence-electron chi connectivity index (χ3n) is 4.95. The van der Waals surface area contributed by atoms with E-state index in [1.54, 1.807) is 27.0 Å². The number of piperazine rings is 1. The van der Waals surface area contributed by atoms with E-state index in [9.17, 15) is 13.2 Å². The molecule has 2 aromatic rings. The van der Waals surface area contributed by atoms with Crippen LogP contribution in [0, 0.1) is 0 Å². The van der Waals surface area contributed by atoms with E-state index in [0.717, 1.165) is 29.7 Å². The highest BCUT2D eigenvalue weighted by molar-refractivity contribution is 7.87. The number of amides is 1. The van der Waals surface area contributed by atoms with Crippen LogP contribution >= 0.6 is 0 Å². The van der Waals surface area contributed by atoms with Gasteiger partial charge in [0.05, 0.1) is 10.9 Å². The molecular formula is C21H36N6O4S. The quantitative estimate of drug-likeness (QED) is 0.708. The molecule has 10 nitrogen and oxygen atoms in total. The van der Waals surface area contributed by atoms with Crippen molar-refractivity contribution >= 4 is 33.2 Å². The number of aromatic nitrogens is 3. The molecule has 4 rings (SSSR count). The van der Waals surface area contributed by atoms with Gasteiger partial charge in [0, 0.05) is 25.8 Å². The second-order valence-electron chi connectivity index (χ2n) is 8.26. The molecule has 0 radical (unpaired) electrons. The van der Waals surface area contributed by atoms with E-state index in [4.69, 9.17) is 4.74 Å². The molecule has 32 heavy (non-hydrogen) atoms. The van der Waals surface area contributed by atoms with E-state index in [0.29, 0.717) is 13.1 Å². The predicted octanol–water partition coefficient (Wildman–Crippen LogP) is 3.43. The van der Waals surface area contributed by atoms with Crippen LogP contribution in [0.2, 0.25) is 0 Å². The molecule has 1 saturated carbocycles. The molecule has 0 bridgehead atoms. The lowest BCUT2D eigenvalue weighted by Gasteiger charge is -2.41. The number of hydrogen-bond donors (Lipinski definition) is 2. The highest BCUT2D eigenvalue weighted by Gasteiger charge is 2.56. The molecule has 2 aromatic heterocycles. The average molecular weight is 469 g/mol. The van der Waals surface area contributed by atoms with Crippen LogP contribution in [0.1, 0.15) is 61.3 Å². The SMILES string of the molecule is CC.CC.CC(C)(C)OC(=O)NS(=O)(=O)N1CCN(c2ncnc3[nH]ccc23)CC12CC2. The van der Waals surface area contributed by atoms with Crippen molar-refractivity contribution in [1.29, 1.82) is 0 Å². The number of hydrogen-bond acceptors (Lipinski definition) is 7. The summed E-state index contributed by atoms with van der Waals surface area (Å²) in [5.41, 5.74) is -0.555. The lowest BCUT2D eigenvalue weighted by Crippen LogP contribution is -2.60. The third kappa shape index (κ3) is 5.69. The van der Waals surface area contributed by atoms with Crippen molar-refractivity contribution in [3.63, 3.8) is 0 Å². The van der Waals surface area contributed by atoms with Gasteiger partial charge in [0.1, 0.15) is 23.4 Å². The van der Waals surface area contributed by atoms with Crippen LogP contribution in [0.15, 0.2) is 18.6 Å². The Labute approximate surface area is 190 Å². The lowest BCUT2D eigenvalue weighted by atomic mass is 10.2. The third-order valence-corrected chi connectivity index (χ3v) is 6.52. The molecule has 0 unspecified atom stereocenters. The van der Waals surface area contributed by atoms with E-state index in [1.807, 2.05) is 38.5 Å². The van der Waals surface area contributed by atoms with Gasteiger partial charge >= 0.3 is 16.3 Å². The maximum Gasteiger partial charge on any atom is 0.422 e. The first-order valence-corrected chi connectivity index (χ1v) is 12.6. The van der Waals surface area contributed by atoms with Crippen molar-refractivity contribution in [3.05, 3.63) is 18.6 Å². The molecule has 180 valence electrons. The van der Waals surface area contributed by atoms with Crippen LogP contribution in [0.3, 0.4) is 0 Å². The Morgan fingerprint density at radius 3 is 2.41 bits per heavy atom. The Morgan fingerprint density at radius 1 is 1.16 bits per heavy atom. The zero-order valence-corrected chi connectivity index (χ0v) is 20.9. The van der Waals surface area contributed by atoms with Crippen molar-refractivity contribution in [2.24, 2.45) is 0 Å². The van der Waals surface area contributed by atoms with E-state index in [1.165, 1.54) is 10.6 Å².